The van der Waals surface area contributed by atoms with Crippen LogP contribution in [-0.4, -0.2) is 30.1 Å². The van der Waals surface area contributed by atoms with Gasteiger partial charge in [0.1, 0.15) is 17.6 Å². The molecule has 0 bridgehead atoms. The Kier molecular flexibility index (Phi) is 8.44. The number of halogens is 5. The van der Waals surface area contributed by atoms with Crippen molar-refractivity contribution < 1.29 is 37.0 Å². The van der Waals surface area contributed by atoms with E-state index in [-0.39, 0.29) is 22.8 Å². The van der Waals surface area contributed by atoms with Gasteiger partial charge in [-0.3, -0.25) is 4.79 Å². The van der Waals surface area contributed by atoms with Crippen LogP contribution in [0, 0.1) is 5.82 Å². The van der Waals surface area contributed by atoms with E-state index in [1.165, 1.54) is 42.5 Å². The molecule has 0 fully saturated rings. The number of aromatic hydroxyl groups is 1. The highest BCUT2D eigenvalue weighted by Crippen LogP contribution is 2.32. The minimum absolute atomic E-state index is 0.00923. The molecule has 0 saturated heterocycles. The molecule has 10 heteroatoms. The first-order chi connectivity index (χ1) is 19.0. The van der Waals surface area contributed by atoms with Gasteiger partial charge < -0.3 is 15.2 Å². The third kappa shape index (κ3) is 6.60. The number of esters is 1. The molecule has 0 radical (unpaired) electrons. The largest absolute Gasteiger partial charge is 0.507 e. The Labute approximate surface area is 232 Å². The van der Waals surface area contributed by atoms with Crippen LogP contribution in [0.25, 0.3) is 22.3 Å². The monoisotopic (exact) mass is 571 g/mol. The number of carbonyl (C=O) groups is 2. The molecule has 0 heterocycles. The molecule has 5 nitrogen and oxygen atoms in total. The summed E-state index contributed by atoms with van der Waals surface area (Å²) in [4.78, 5) is 25.6. The second kappa shape index (κ2) is 11.8. The third-order valence-corrected chi connectivity index (χ3v) is 6.49. The summed E-state index contributed by atoms with van der Waals surface area (Å²) in [6.07, 6.45) is -4.46. The minimum atomic E-state index is -4.47. The molecule has 206 valence electrons. The average Bonchev–Trinajstić information content (AvgIpc) is 2.94. The van der Waals surface area contributed by atoms with Gasteiger partial charge in [0.25, 0.3) is 5.91 Å². The molecule has 1 atom stereocenters. The molecule has 0 unspecified atom stereocenters. The number of phenols is 1. The molecule has 4 aromatic rings. The van der Waals surface area contributed by atoms with Gasteiger partial charge in [0.15, 0.2) is 0 Å². The lowest BCUT2D eigenvalue weighted by molar-refractivity contribution is -0.143. The number of carbonyl (C=O) groups excluding carboxylic acids is 2. The summed E-state index contributed by atoms with van der Waals surface area (Å²) in [7, 11) is 1.16. The maximum absolute atomic E-state index is 13.6. The normalized spacial score (nSPS) is 12.1. The molecule has 40 heavy (non-hydrogen) atoms. The van der Waals surface area contributed by atoms with E-state index >= 15 is 0 Å². The van der Waals surface area contributed by atoms with Crippen LogP contribution in [0.5, 0.6) is 5.75 Å². The van der Waals surface area contributed by atoms with E-state index < -0.39 is 35.5 Å². The van der Waals surface area contributed by atoms with Gasteiger partial charge in [-0.25, -0.2) is 9.18 Å². The fourth-order valence-electron chi connectivity index (χ4n) is 4.09. The number of benzene rings is 4. The van der Waals surface area contributed by atoms with Gasteiger partial charge in [0.2, 0.25) is 0 Å². The van der Waals surface area contributed by atoms with Crippen molar-refractivity contribution in [2.24, 2.45) is 0 Å². The third-order valence-electron chi connectivity index (χ3n) is 6.20. The van der Waals surface area contributed by atoms with E-state index in [0.29, 0.717) is 27.8 Å². The highest BCUT2D eigenvalue weighted by molar-refractivity contribution is 6.31. The first-order valence-corrected chi connectivity index (χ1v) is 12.3. The number of alkyl halides is 3. The topological polar surface area (TPSA) is 75.6 Å². The van der Waals surface area contributed by atoms with Crippen molar-refractivity contribution in [1.29, 1.82) is 0 Å². The maximum atomic E-state index is 13.6. The van der Waals surface area contributed by atoms with E-state index in [1.54, 1.807) is 30.3 Å². The summed E-state index contributed by atoms with van der Waals surface area (Å²) in [6.45, 7) is 0. The van der Waals surface area contributed by atoms with Gasteiger partial charge in [-0.1, -0.05) is 60.1 Å². The lowest BCUT2D eigenvalue weighted by Gasteiger charge is -2.18. The van der Waals surface area contributed by atoms with Crippen LogP contribution in [0.3, 0.4) is 0 Å². The fraction of sp³-hybridized carbons (Fsp3) is 0.133. The van der Waals surface area contributed by atoms with E-state index in [0.717, 1.165) is 19.2 Å². The first kappa shape index (κ1) is 28.6. The molecule has 0 aliphatic rings. The highest BCUT2D eigenvalue weighted by Gasteiger charge is 2.30. The predicted molar refractivity (Wildman–Crippen MR) is 142 cm³/mol. The van der Waals surface area contributed by atoms with Crippen LogP contribution in [-0.2, 0) is 22.1 Å². The second-order valence-corrected chi connectivity index (χ2v) is 9.30. The quantitative estimate of drug-likeness (QED) is 0.184. The SMILES string of the molecule is COC(=O)[C@H](Cc1ccc(-c2cccc(C(F)(F)F)c2)cc1)NC(=O)c1cc(-c2ccc(F)c(Cl)c2)ccc1O. The van der Waals surface area contributed by atoms with Gasteiger partial charge >= 0.3 is 12.1 Å². The highest BCUT2D eigenvalue weighted by atomic mass is 35.5. The number of amides is 1. The van der Waals surface area contributed by atoms with Gasteiger partial charge in [0, 0.05) is 6.42 Å². The Morgan fingerprint density at radius 2 is 1.52 bits per heavy atom. The van der Waals surface area contributed by atoms with Crippen molar-refractivity contribution in [2.45, 2.75) is 18.6 Å². The van der Waals surface area contributed by atoms with Gasteiger partial charge in [-0.15, -0.1) is 0 Å². The molecule has 2 N–H and O–H groups in total. The molecule has 0 aliphatic carbocycles. The maximum Gasteiger partial charge on any atom is 0.416 e. The summed E-state index contributed by atoms with van der Waals surface area (Å²) in [6, 6.07) is 18.5. The van der Waals surface area contributed by atoms with Crippen molar-refractivity contribution in [1.82, 2.24) is 5.32 Å². The lowest BCUT2D eigenvalue weighted by atomic mass is 9.98. The summed E-state index contributed by atoms with van der Waals surface area (Å²) < 4.78 is 57.6. The van der Waals surface area contributed by atoms with Crippen LogP contribution >= 0.6 is 11.6 Å². The van der Waals surface area contributed by atoms with Crippen molar-refractivity contribution in [2.75, 3.05) is 7.11 Å². The Bertz CT molecular complexity index is 1550. The first-order valence-electron chi connectivity index (χ1n) is 11.9. The standard InChI is InChI=1S/C30H22ClF4NO4/c1-40-29(39)26(13-17-5-7-18(8-6-17)19-3-2-4-22(14-19)30(33,34)35)36-28(38)23-15-20(10-12-27(23)37)21-9-11-25(32)24(31)16-21/h2-12,14-16,26,37H,13H2,1H3,(H,36,38)/t26-/m0/s1. The smallest absolute Gasteiger partial charge is 0.416 e. The molecule has 0 saturated carbocycles. The van der Waals surface area contributed by atoms with E-state index in [9.17, 15) is 32.3 Å². The van der Waals surface area contributed by atoms with Crippen LogP contribution in [0.15, 0.2) is 84.9 Å². The lowest BCUT2D eigenvalue weighted by Crippen LogP contribution is -2.43. The van der Waals surface area contributed by atoms with Crippen molar-refractivity contribution in [3.63, 3.8) is 0 Å². The summed E-state index contributed by atoms with van der Waals surface area (Å²) in [5.41, 5.74) is 1.60. The summed E-state index contributed by atoms with van der Waals surface area (Å²) in [5, 5.41) is 12.8. The van der Waals surface area contributed by atoms with Crippen molar-refractivity contribution in [3.05, 3.63) is 112 Å². The Morgan fingerprint density at radius 3 is 2.17 bits per heavy atom. The number of hydrogen-bond acceptors (Lipinski definition) is 4. The van der Waals surface area contributed by atoms with E-state index in [4.69, 9.17) is 16.3 Å². The fourth-order valence-corrected chi connectivity index (χ4v) is 4.27. The molecule has 4 rings (SSSR count). The van der Waals surface area contributed by atoms with E-state index in [2.05, 4.69) is 5.32 Å². The molecule has 0 aliphatic heterocycles. The number of methoxy groups -OCH3 is 1. The second-order valence-electron chi connectivity index (χ2n) is 8.89. The molecule has 1 amide bonds. The zero-order valence-electron chi connectivity index (χ0n) is 20.9. The van der Waals surface area contributed by atoms with Crippen molar-refractivity contribution in [3.8, 4) is 28.0 Å². The molecule has 4 aromatic carbocycles. The van der Waals surface area contributed by atoms with Crippen LogP contribution in [0.4, 0.5) is 17.6 Å². The molecule has 0 spiro atoms. The summed E-state index contributed by atoms with van der Waals surface area (Å²) >= 11 is 5.86. The van der Waals surface area contributed by atoms with E-state index in [1.807, 2.05) is 0 Å². The Hall–Kier alpha value is -4.37. The Morgan fingerprint density at radius 1 is 0.900 bits per heavy atom. The number of rotatable bonds is 7. The van der Waals surface area contributed by atoms with Gasteiger partial charge in [0.05, 0.1) is 23.3 Å². The average molecular weight is 572 g/mol. The Balaban J connectivity index is 1.54. The number of nitrogens with one attached hydrogen (secondary N) is 1. The predicted octanol–water partition coefficient (Wildman–Crippen LogP) is 7.05. The molecular formula is C30H22ClF4NO4. The zero-order chi connectivity index (χ0) is 29.0. The van der Waals surface area contributed by atoms with Crippen LogP contribution in [0.1, 0.15) is 21.5 Å². The van der Waals surface area contributed by atoms with Crippen molar-refractivity contribution >= 4 is 23.5 Å². The number of ether oxygens (including phenoxy) is 1. The zero-order valence-corrected chi connectivity index (χ0v) is 21.7. The van der Waals surface area contributed by atoms with Crippen LogP contribution in [0.2, 0.25) is 5.02 Å². The number of phenolic OH excluding ortho intramolecular Hbond substituents is 1. The van der Waals surface area contributed by atoms with Gasteiger partial charge in [-0.05, 0) is 64.2 Å². The number of hydrogen-bond donors (Lipinski definition) is 2. The molecular weight excluding hydrogens is 550 g/mol. The summed E-state index contributed by atoms with van der Waals surface area (Å²) in [5.74, 6) is -2.45. The molecule has 0 aromatic heterocycles. The minimum Gasteiger partial charge on any atom is -0.507 e. The van der Waals surface area contributed by atoms with Crippen LogP contribution < -0.4 is 5.32 Å². The van der Waals surface area contributed by atoms with Gasteiger partial charge in [-0.2, -0.15) is 13.2 Å².